The van der Waals surface area contributed by atoms with Crippen molar-refractivity contribution >= 4 is 21.9 Å². The van der Waals surface area contributed by atoms with Crippen molar-refractivity contribution in [3.63, 3.8) is 0 Å². The lowest BCUT2D eigenvalue weighted by molar-refractivity contribution is 0.872. The predicted molar refractivity (Wildman–Crippen MR) is 72.4 cm³/mol. The highest BCUT2D eigenvalue weighted by Gasteiger charge is 2.09. The maximum absolute atomic E-state index is 11.9. The lowest BCUT2D eigenvalue weighted by Gasteiger charge is -2.07. The zero-order chi connectivity index (χ0) is 13.7. The van der Waals surface area contributed by atoms with Gasteiger partial charge in [-0.3, -0.25) is 9.59 Å². The number of nitrogens with zero attached hydrogens (tertiary/aromatic N) is 3. The summed E-state index contributed by atoms with van der Waals surface area (Å²) in [5.74, 6) is 0.554. The van der Waals surface area contributed by atoms with E-state index in [-0.39, 0.29) is 11.1 Å². The maximum Gasteiger partial charge on any atom is 0.272 e. The van der Waals surface area contributed by atoms with Crippen molar-refractivity contribution in [2.24, 2.45) is 7.05 Å². The van der Waals surface area contributed by atoms with Crippen LogP contribution in [0.5, 0.6) is 0 Å². The van der Waals surface area contributed by atoms with E-state index < -0.39 is 0 Å². The van der Waals surface area contributed by atoms with Gasteiger partial charge in [0.05, 0.1) is 21.9 Å². The number of hydrogen-bond acceptors (Lipinski definition) is 4. The molecule has 0 aliphatic heterocycles. The average molecular weight is 256 g/mol. The van der Waals surface area contributed by atoms with Crippen LogP contribution < -0.4 is 11.1 Å². The summed E-state index contributed by atoms with van der Waals surface area (Å²) in [4.78, 5) is 35.0. The summed E-state index contributed by atoms with van der Waals surface area (Å²) in [6.45, 7) is 3.40. The molecular weight excluding hydrogens is 244 g/mol. The molecule has 0 amide bonds. The van der Waals surface area contributed by atoms with Gasteiger partial charge in [0.1, 0.15) is 11.5 Å². The second-order valence-corrected chi connectivity index (χ2v) is 4.57. The predicted octanol–water partition coefficient (Wildman–Crippen LogP) is 0.787. The summed E-state index contributed by atoms with van der Waals surface area (Å²) >= 11 is 0. The van der Waals surface area contributed by atoms with Crippen LogP contribution in [0.2, 0.25) is 0 Å². The molecule has 0 aliphatic rings. The first-order valence-corrected chi connectivity index (χ1v) is 5.85. The Hall–Kier alpha value is -2.50. The standard InChI is InChI=1S/C13H12N4O2/c1-6-13(19)17(3)11-4-8-9(5-10(11)14-6)15-7(2)16-12(8)18/h4-5H,1-3H3,(H,15,16,18). The minimum absolute atomic E-state index is 0.164. The lowest BCUT2D eigenvalue weighted by atomic mass is 10.2. The van der Waals surface area contributed by atoms with Gasteiger partial charge < -0.3 is 9.55 Å². The van der Waals surface area contributed by atoms with Crippen LogP contribution in [-0.4, -0.2) is 19.5 Å². The maximum atomic E-state index is 11.9. The number of benzene rings is 1. The number of aromatic amines is 1. The zero-order valence-corrected chi connectivity index (χ0v) is 10.8. The first-order valence-electron chi connectivity index (χ1n) is 5.85. The number of hydrogen-bond donors (Lipinski definition) is 1. The second-order valence-electron chi connectivity index (χ2n) is 4.57. The van der Waals surface area contributed by atoms with E-state index in [1.165, 1.54) is 4.57 Å². The van der Waals surface area contributed by atoms with Crippen molar-refractivity contribution in [2.75, 3.05) is 0 Å². The largest absolute Gasteiger partial charge is 0.310 e. The monoisotopic (exact) mass is 256 g/mol. The zero-order valence-electron chi connectivity index (χ0n) is 10.8. The van der Waals surface area contributed by atoms with Crippen LogP contribution >= 0.6 is 0 Å². The van der Waals surface area contributed by atoms with Gasteiger partial charge in [0.25, 0.3) is 11.1 Å². The van der Waals surface area contributed by atoms with Gasteiger partial charge in [0, 0.05) is 7.05 Å². The molecule has 3 rings (SSSR count). The van der Waals surface area contributed by atoms with Gasteiger partial charge in [-0.25, -0.2) is 9.97 Å². The molecule has 0 fully saturated rings. The molecule has 0 saturated heterocycles. The van der Waals surface area contributed by atoms with Crippen molar-refractivity contribution in [1.29, 1.82) is 0 Å². The fourth-order valence-corrected chi connectivity index (χ4v) is 2.22. The summed E-state index contributed by atoms with van der Waals surface area (Å²) in [7, 11) is 1.67. The van der Waals surface area contributed by atoms with Crippen LogP contribution in [0.1, 0.15) is 11.5 Å². The molecule has 2 aromatic heterocycles. The van der Waals surface area contributed by atoms with Crippen LogP contribution in [0.4, 0.5) is 0 Å². The Bertz CT molecular complexity index is 937. The summed E-state index contributed by atoms with van der Waals surface area (Å²) in [5, 5.41) is 0.457. The molecule has 3 aromatic rings. The van der Waals surface area contributed by atoms with Crippen molar-refractivity contribution in [2.45, 2.75) is 13.8 Å². The van der Waals surface area contributed by atoms with E-state index in [2.05, 4.69) is 15.0 Å². The van der Waals surface area contributed by atoms with E-state index >= 15 is 0 Å². The molecule has 19 heavy (non-hydrogen) atoms. The molecule has 2 heterocycles. The number of aryl methyl sites for hydroxylation is 3. The number of H-pyrrole nitrogens is 1. The fraction of sp³-hybridized carbons (Fsp3) is 0.231. The Morgan fingerprint density at radius 3 is 2.58 bits per heavy atom. The van der Waals surface area contributed by atoms with Crippen molar-refractivity contribution < 1.29 is 0 Å². The van der Waals surface area contributed by atoms with E-state index in [1.54, 1.807) is 33.0 Å². The van der Waals surface area contributed by atoms with Gasteiger partial charge in [-0.05, 0) is 26.0 Å². The van der Waals surface area contributed by atoms with E-state index in [4.69, 9.17) is 0 Å². The van der Waals surface area contributed by atoms with Crippen molar-refractivity contribution in [3.05, 3.63) is 44.4 Å². The third-order valence-corrected chi connectivity index (χ3v) is 3.18. The van der Waals surface area contributed by atoms with Crippen molar-refractivity contribution in [1.82, 2.24) is 19.5 Å². The molecule has 1 aromatic carbocycles. The van der Waals surface area contributed by atoms with Gasteiger partial charge in [-0.15, -0.1) is 0 Å². The van der Waals surface area contributed by atoms with Gasteiger partial charge in [0.15, 0.2) is 0 Å². The first kappa shape index (κ1) is 11.6. The molecule has 0 bridgehead atoms. The number of aromatic nitrogens is 4. The molecular formula is C13H12N4O2. The molecule has 0 atom stereocenters. The Morgan fingerprint density at radius 1 is 1.11 bits per heavy atom. The molecule has 0 spiro atoms. The third kappa shape index (κ3) is 1.64. The normalized spacial score (nSPS) is 11.3. The van der Waals surface area contributed by atoms with Gasteiger partial charge >= 0.3 is 0 Å². The lowest BCUT2D eigenvalue weighted by Crippen LogP contribution is -2.21. The van der Waals surface area contributed by atoms with E-state index in [0.29, 0.717) is 33.5 Å². The number of rotatable bonds is 0. The van der Waals surface area contributed by atoms with Crippen LogP contribution in [0, 0.1) is 13.8 Å². The molecule has 0 unspecified atom stereocenters. The topological polar surface area (TPSA) is 80.6 Å². The highest BCUT2D eigenvalue weighted by atomic mass is 16.1. The van der Waals surface area contributed by atoms with E-state index in [1.807, 2.05) is 0 Å². The Balaban J connectivity index is 2.60. The molecule has 0 radical (unpaired) electrons. The quantitative estimate of drug-likeness (QED) is 0.603. The summed E-state index contributed by atoms with van der Waals surface area (Å²) in [6, 6.07) is 3.39. The molecule has 6 nitrogen and oxygen atoms in total. The molecule has 0 aliphatic carbocycles. The third-order valence-electron chi connectivity index (χ3n) is 3.18. The minimum atomic E-state index is -0.211. The highest BCUT2D eigenvalue weighted by Crippen LogP contribution is 2.16. The Labute approximate surface area is 107 Å². The summed E-state index contributed by atoms with van der Waals surface area (Å²) in [6.07, 6.45) is 0. The van der Waals surface area contributed by atoms with E-state index in [9.17, 15) is 9.59 Å². The Kier molecular flexibility index (Phi) is 2.28. The second kappa shape index (κ2) is 3.74. The van der Waals surface area contributed by atoms with E-state index in [0.717, 1.165) is 0 Å². The number of fused-ring (bicyclic) bond motifs is 2. The highest BCUT2D eigenvalue weighted by molar-refractivity contribution is 5.92. The number of nitrogens with one attached hydrogen (secondary N) is 1. The first-order chi connectivity index (χ1) is 8.97. The van der Waals surface area contributed by atoms with Crippen LogP contribution in [0.15, 0.2) is 21.7 Å². The molecule has 96 valence electrons. The Morgan fingerprint density at radius 2 is 1.84 bits per heavy atom. The van der Waals surface area contributed by atoms with Crippen LogP contribution in [-0.2, 0) is 7.05 Å². The summed E-state index contributed by atoms with van der Waals surface area (Å²) in [5.41, 5.74) is 1.92. The SMILES string of the molecule is Cc1nc2cc3nc(C)c(=O)n(C)c3cc2c(=O)[nH]1. The van der Waals surface area contributed by atoms with Crippen molar-refractivity contribution in [3.8, 4) is 0 Å². The molecule has 0 saturated carbocycles. The summed E-state index contributed by atoms with van der Waals surface area (Å²) < 4.78 is 1.50. The molecule has 6 heteroatoms. The van der Waals surface area contributed by atoms with Gasteiger partial charge in [-0.1, -0.05) is 0 Å². The fourth-order valence-electron chi connectivity index (χ4n) is 2.22. The average Bonchev–Trinajstić information content (AvgIpc) is 2.34. The van der Waals surface area contributed by atoms with Crippen LogP contribution in [0.25, 0.3) is 21.9 Å². The smallest absolute Gasteiger partial charge is 0.272 e. The van der Waals surface area contributed by atoms with Gasteiger partial charge in [-0.2, -0.15) is 0 Å². The van der Waals surface area contributed by atoms with Gasteiger partial charge in [0.2, 0.25) is 0 Å². The van der Waals surface area contributed by atoms with Crippen LogP contribution in [0.3, 0.4) is 0 Å². The minimum Gasteiger partial charge on any atom is -0.310 e. The molecule has 1 N–H and O–H groups in total.